The van der Waals surface area contributed by atoms with Gasteiger partial charge < -0.3 is 0 Å². The molecule has 8 nitrogen and oxygen atoms in total. The van der Waals surface area contributed by atoms with Gasteiger partial charge in [0.05, 0.1) is 35.4 Å². The molecule has 0 saturated carbocycles. The molecule has 0 amide bonds. The van der Waals surface area contributed by atoms with Crippen LogP contribution in [0.25, 0.3) is 31.6 Å². The fourth-order valence-electron chi connectivity index (χ4n) is 9.01. The fourth-order valence-corrected chi connectivity index (χ4v) is 12.3. The molecule has 0 saturated heterocycles. The lowest BCUT2D eigenvalue weighted by Gasteiger charge is -2.32. The van der Waals surface area contributed by atoms with Gasteiger partial charge in [-0.25, -0.2) is 0 Å². The number of nitrogens with zero attached hydrogens (tertiary/aromatic N) is 4. The van der Waals surface area contributed by atoms with E-state index in [1.807, 2.05) is 12.1 Å². The normalized spacial score (nSPS) is 18.3. The molecule has 0 fully saturated rings. The molecule has 262 valence electrons. The van der Waals surface area contributed by atoms with Gasteiger partial charge in [-0.1, -0.05) is 53.7 Å². The molecule has 10 heteroatoms. The Morgan fingerprint density at radius 3 is 1.24 bits per heavy atom. The third-order valence-electron chi connectivity index (χ3n) is 11.9. The number of thiophene rings is 2. The van der Waals surface area contributed by atoms with Crippen LogP contribution >= 0.6 is 22.7 Å². The third kappa shape index (κ3) is 4.16. The third-order valence-corrected chi connectivity index (χ3v) is 14.3. The summed E-state index contributed by atoms with van der Waals surface area (Å²) < 4.78 is 0. The largest absolute Gasteiger partial charge is 0.288 e. The molecule has 2 heterocycles. The summed E-state index contributed by atoms with van der Waals surface area (Å²) in [6.45, 7) is 27.7. The summed E-state index contributed by atoms with van der Waals surface area (Å²) in [5, 5.41) is 19.0. The average molecular weight is 751 g/mol. The average Bonchev–Trinajstić information content (AvgIpc) is 3.97. The molecule has 0 atom stereocenters. The lowest BCUT2D eigenvalue weighted by molar-refractivity contribution is 0.0973. The molecule has 4 aromatic rings. The Hall–Kier alpha value is -6.56. The van der Waals surface area contributed by atoms with Crippen molar-refractivity contribution in [3.63, 3.8) is 0 Å². The van der Waals surface area contributed by atoms with Gasteiger partial charge >= 0.3 is 0 Å². The van der Waals surface area contributed by atoms with E-state index in [4.69, 9.17) is 13.1 Å². The molecule has 55 heavy (non-hydrogen) atoms. The molecule has 5 aliphatic rings. The van der Waals surface area contributed by atoms with E-state index in [1.165, 1.54) is 45.1 Å². The maximum atomic E-state index is 13.6. The minimum atomic E-state index is -0.562. The first kappa shape index (κ1) is 34.2. The number of Topliss-reactive ketones (excluding diaryl/α,β-unsaturated/α-hetero) is 4. The highest BCUT2D eigenvalue weighted by Gasteiger charge is 2.52. The smallest absolute Gasteiger partial charge is 0.197 e. The van der Waals surface area contributed by atoms with E-state index >= 15 is 0 Å². The van der Waals surface area contributed by atoms with Crippen molar-refractivity contribution in [3.05, 3.63) is 147 Å². The van der Waals surface area contributed by atoms with Gasteiger partial charge in [-0.05, 0) is 69.8 Å². The Bertz CT molecular complexity index is 2700. The monoisotopic (exact) mass is 750 g/mol. The molecule has 0 spiro atoms. The number of fused-ring (bicyclic) bond motifs is 9. The summed E-state index contributed by atoms with van der Waals surface area (Å²) >= 11 is 3.40. The molecular weight excluding hydrogens is 725 g/mol. The van der Waals surface area contributed by atoms with Crippen LogP contribution in [0.5, 0.6) is 0 Å². The number of ketones is 4. The highest BCUT2D eigenvalue weighted by Crippen LogP contribution is 2.66. The van der Waals surface area contributed by atoms with E-state index in [1.54, 1.807) is 34.8 Å². The number of hydrogen-bond acceptors (Lipinski definition) is 8. The van der Waals surface area contributed by atoms with Gasteiger partial charge in [-0.2, -0.15) is 10.5 Å². The van der Waals surface area contributed by atoms with Gasteiger partial charge in [-0.15, -0.1) is 22.7 Å². The fraction of sp³-hybridized carbons (Fsp3) is 0.200. The van der Waals surface area contributed by atoms with Gasteiger partial charge in [0.25, 0.3) is 0 Å². The molecule has 0 N–H and O–H groups in total. The van der Waals surface area contributed by atoms with E-state index in [0.717, 1.165) is 32.0 Å². The maximum Gasteiger partial charge on any atom is 0.197 e. The van der Waals surface area contributed by atoms with Crippen molar-refractivity contribution in [1.82, 2.24) is 0 Å². The quantitative estimate of drug-likeness (QED) is 0.114. The Morgan fingerprint density at radius 2 is 0.909 bits per heavy atom. The van der Waals surface area contributed by atoms with Crippen molar-refractivity contribution in [3.8, 4) is 21.9 Å². The molecule has 0 bridgehead atoms. The van der Waals surface area contributed by atoms with Crippen LogP contribution in [0.3, 0.4) is 0 Å². The Labute approximate surface area is 324 Å². The maximum absolute atomic E-state index is 13.6. The van der Waals surface area contributed by atoms with Crippen LogP contribution in [0, 0.1) is 35.8 Å². The van der Waals surface area contributed by atoms with E-state index in [9.17, 15) is 29.7 Å². The lowest BCUT2D eigenvalue weighted by Crippen LogP contribution is -2.27. The summed E-state index contributed by atoms with van der Waals surface area (Å²) in [6, 6.07) is 9.28. The summed E-state index contributed by atoms with van der Waals surface area (Å²) in [4.78, 5) is 65.6. The highest BCUT2D eigenvalue weighted by molar-refractivity contribution is 7.23. The molecule has 0 aliphatic heterocycles. The Kier molecular flexibility index (Phi) is 6.71. The van der Waals surface area contributed by atoms with E-state index < -0.39 is 39.4 Å². The van der Waals surface area contributed by atoms with Crippen molar-refractivity contribution in [2.24, 2.45) is 0 Å². The minimum absolute atomic E-state index is 0.0201. The van der Waals surface area contributed by atoms with Crippen LogP contribution in [0.4, 0.5) is 11.4 Å². The predicted molar refractivity (Wildman–Crippen MR) is 210 cm³/mol. The zero-order chi connectivity index (χ0) is 39.3. The predicted octanol–water partition coefficient (Wildman–Crippen LogP) is 10.3. The highest BCUT2D eigenvalue weighted by atomic mass is 32.1. The van der Waals surface area contributed by atoms with Crippen molar-refractivity contribution in [1.29, 1.82) is 10.5 Å². The van der Waals surface area contributed by atoms with Gasteiger partial charge in [0.15, 0.2) is 34.5 Å². The molecule has 2 aromatic heterocycles. The van der Waals surface area contributed by atoms with Gasteiger partial charge in [0, 0.05) is 58.0 Å². The Morgan fingerprint density at radius 1 is 0.564 bits per heavy atom. The molecule has 5 aliphatic carbocycles. The lowest BCUT2D eigenvalue weighted by atomic mass is 9.70. The molecule has 0 unspecified atom stereocenters. The SMILES string of the molecule is [C-]#[N+]c1cc2c(cc1[N+]#[C-])C(=O)C(=CC1=Cc3sc4c(c3C1(C)C)C(C)(C)c1c-4sc3c1C(C)(C)C(C=C1C(=O)c4cc(C#N)c(C#N)cc4C1=O)=C3)C2=O. The first-order valence-corrected chi connectivity index (χ1v) is 19.0. The van der Waals surface area contributed by atoms with Gasteiger partial charge in [0.1, 0.15) is 12.1 Å². The van der Waals surface area contributed by atoms with Gasteiger partial charge in [0.2, 0.25) is 0 Å². The molecule has 2 aromatic carbocycles. The summed E-state index contributed by atoms with van der Waals surface area (Å²) in [5.74, 6) is -1.80. The van der Waals surface area contributed by atoms with E-state index in [-0.39, 0.29) is 55.9 Å². The molecule has 0 radical (unpaired) electrons. The molecule has 9 rings (SSSR count). The van der Waals surface area contributed by atoms with Crippen molar-refractivity contribution >= 4 is 69.3 Å². The Balaban J connectivity index is 1.09. The second-order valence-electron chi connectivity index (χ2n) is 15.9. The summed E-state index contributed by atoms with van der Waals surface area (Å²) in [7, 11) is 0. The summed E-state index contributed by atoms with van der Waals surface area (Å²) in [6.07, 6.45) is 7.51. The first-order valence-electron chi connectivity index (χ1n) is 17.3. The van der Waals surface area contributed by atoms with Gasteiger partial charge in [-0.3, -0.25) is 28.9 Å². The van der Waals surface area contributed by atoms with E-state index in [0.29, 0.717) is 0 Å². The number of allylic oxidation sites excluding steroid dienone is 6. The van der Waals surface area contributed by atoms with Crippen molar-refractivity contribution in [2.75, 3.05) is 0 Å². The van der Waals surface area contributed by atoms with E-state index in [2.05, 4.69) is 63.4 Å². The number of carbonyl (C=O) groups excluding carboxylic acids is 4. The minimum Gasteiger partial charge on any atom is -0.288 e. The number of rotatable bonds is 2. The van der Waals surface area contributed by atoms with Crippen LogP contribution in [-0.2, 0) is 16.2 Å². The number of nitriles is 2. The number of carbonyl (C=O) groups is 4. The molecular formula is C45H26N4O4S2. The van der Waals surface area contributed by atoms with Crippen LogP contribution in [0.1, 0.15) is 126 Å². The zero-order valence-electron chi connectivity index (χ0n) is 30.4. The second kappa shape index (κ2) is 10.8. The van der Waals surface area contributed by atoms with Crippen LogP contribution in [0.15, 0.2) is 58.7 Å². The zero-order valence-corrected chi connectivity index (χ0v) is 32.0. The van der Waals surface area contributed by atoms with Crippen LogP contribution in [-0.4, -0.2) is 23.1 Å². The topological polar surface area (TPSA) is 125 Å². The van der Waals surface area contributed by atoms with Crippen LogP contribution in [0.2, 0.25) is 0 Å². The van der Waals surface area contributed by atoms with Crippen molar-refractivity contribution < 1.29 is 19.2 Å². The second-order valence-corrected chi connectivity index (χ2v) is 18.0. The summed E-state index contributed by atoms with van der Waals surface area (Å²) in [5.41, 5.74) is 5.69. The number of hydrogen-bond donors (Lipinski definition) is 0. The van der Waals surface area contributed by atoms with Crippen LogP contribution < -0.4 is 0 Å². The van der Waals surface area contributed by atoms with Crippen molar-refractivity contribution in [2.45, 2.75) is 57.8 Å². The first-order chi connectivity index (χ1) is 26.0. The standard InChI is InChI=1S/C45H26N4O4S2/c1-43(2)21(11-27-37(50)23-9-19(17-46)20(18-47)10-24(23)38(27)51)13-31-33(43)35-41(54-31)42-36(45(35,5)6)34-32(55-42)14-22(44(34,3)4)12-28-39(52)25-15-29(48-7)30(49-8)16-26(25)40(28)53/h9-16H,1-6H3. The number of benzene rings is 2.